The first-order valence-electron chi connectivity index (χ1n) is 10.8. The summed E-state index contributed by atoms with van der Waals surface area (Å²) < 4.78 is 35.0. The summed E-state index contributed by atoms with van der Waals surface area (Å²) in [6, 6.07) is 21.7. The summed E-state index contributed by atoms with van der Waals surface area (Å²) in [5.41, 5.74) is 1.66. The van der Waals surface area contributed by atoms with Gasteiger partial charge in [-0.15, -0.1) is 0 Å². The van der Waals surface area contributed by atoms with Crippen LogP contribution in [0.5, 0.6) is 0 Å². The molecular formula is C26H26N2O4S. The number of para-hydroxylation sites is 2. The molecule has 5 rings (SSSR count). The molecule has 0 unspecified atom stereocenters. The molecule has 0 spiro atoms. The number of hydrogen-bond donors (Lipinski definition) is 1. The lowest BCUT2D eigenvalue weighted by Crippen LogP contribution is -2.66. The Kier molecular flexibility index (Phi) is 4.62. The maximum absolute atomic E-state index is 14.1. The quantitative estimate of drug-likeness (QED) is 0.586. The van der Waals surface area contributed by atoms with Gasteiger partial charge >= 0.3 is 5.97 Å². The third-order valence-corrected chi connectivity index (χ3v) is 9.24. The molecule has 0 radical (unpaired) electrons. The van der Waals surface area contributed by atoms with E-state index in [4.69, 9.17) is 4.74 Å². The monoisotopic (exact) mass is 462 g/mol. The number of benzene rings is 3. The number of carbonyl (C=O) groups excluding carboxylic acids is 1. The molecule has 1 N–H and O–H groups in total. The maximum atomic E-state index is 14.1. The van der Waals surface area contributed by atoms with Gasteiger partial charge in [0.1, 0.15) is 11.6 Å². The van der Waals surface area contributed by atoms with Crippen molar-refractivity contribution in [1.82, 2.24) is 0 Å². The van der Waals surface area contributed by atoms with E-state index in [1.807, 2.05) is 57.2 Å². The number of ether oxygens (including phenoxy) is 1. The minimum absolute atomic E-state index is 0.199. The number of hydrogen-bond acceptors (Lipinski definition) is 5. The zero-order valence-corrected chi connectivity index (χ0v) is 19.8. The topological polar surface area (TPSA) is 75.7 Å². The molecule has 3 aromatic carbocycles. The van der Waals surface area contributed by atoms with Crippen molar-refractivity contribution < 1.29 is 17.9 Å². The second-order valence-corrected chi connectivity index (χ2v) is 10.9. The molecule has 7 heteroatoms. The van der Waals surface area contributed by atoms with Gasteiger partial charge in [-0.3, -0.25) is 4.79 Å². The van der Waals surface area contributed by atoms with E-state index in [-0.39, 0.29) is 4.90 Å². The predicted octanol–water partition coefficient (Wildman–Crippen LogP) is 4.34. The van der Waals surface area contributed by atoms with Gasteiger partial charge in [0, 0.05) is 5.69 Å². The zero-order chi connectivity index (χ0) is 23.6. The Balaban J connectivity index is 1.86. The van der Waals surface area contributed by atoms with E-state index in [2.05, 4.69) is 5.32 Å². The van der Waals surface area contributed by atoms with Crippen LogP contribution >= 0.6 is 0 Å². The minimum atomic E-state index is -3.97. The van der Waals surface area contributed by atoms with Gasteiger partial charge in [0.05, 0.1) is 23.1 Å². The maximum Gasteiger partial charge on any atom is 0.317 e. The number of rotatable bonds is 3. The second kappa shape index (κ2) is 7.09. The molecule has 2 aliphatic heterocycles. The van der Waals surface area contributed by atoms with Crippen LogP contribution in [0.25, 0.3) is 0 Å². The smallest absolute Gasteiger partial charge is 0.317 e. The van der Waals surface area contributed by atoms with Crippen molar-refractivity contribution in [2.75, 3.05) is 16.7 Å². The number of carbonyl (C=O) groups is 1. The fourth-order valence-electron chi connectivity index (χ4n) is 5.46. The van der Waals surface area contributed by atoms with Crippen molar-refractivity contribution >= 4 is 27.4 Å². The van der Waals surface area contributed by atoms with Crippen LogP contribution in [0.2, 0.25) is 0 Å². The first kappa shape index (κ1) is 21.5. The van der Waals surface area contributed by atoms with E-state index < -0.39 is 33.0 Å². The average Bonchev–Trinajstić information content (AvgIpc) is 3.12. The molecule has 0 saturated heterocycles. The second-order valence-electron chi connectivity index (χ2n) is 9.04. The SMILES string of the molecule is COC(=O)[C@@]1(C)c2ccccc2N(S(=O)(=O)c2ccc(C)cc2)[C@@H]2Nc3ccccc3[C@@]21C. The van der Waals surface area contributed by atoms with Crippen LogP contribution in [0, 0.1) is 6.92 Å². The largest absolute Gasteiger partial charge is 0.468 e. The Labute approximate surface area is 194 Å². The third-order valence-electron chi connectivity index (χ3n) is 7.45. The summed E-state index contributed by atoms with van der Waals surface area (Å²) in [5, 5.41) is 3.43. The normalized spacial score (nSPS) is 25.5. The molecule has 33 heavy (non-hydrogen) atoms. The molecule has 2 aliphatic rings. The number of anilines is 2. The summed E-state index contributed by atoms with van der Waals surface area (Å²) in [5.74, 6) is -0.409. The van der Waals surface area contributed by atoms with Crippen molar-refractivity contribution in [1.29, 1.82) is 0 Å². The van der Waals surface area contributed by atoms with Gasteiger partial charge in [-0.2, -0.15) is 0 Å². The van der Waals surface area contributed by atoms with E-state index in [0.717, 1.165) is 16.8 Å². The average molecular weight is 463 g/mol. The molecule has 3 atom stereocenters. The molecule has 2 heterocycles. The summed E-state index contributed by atoms with van der Waals surface area (Å²) in [7, 11) is -2.59. The zero-order valence-electron chi connectivity index (χ0n) is 19.0. The first-order valence-corrected chi connectivity index (χ1v) is 12.3. The lowest BCUT2D eigenvalue weighted by atomic mass is 9.56. The van der Waals surface area contributed by atoms with Gasteiger partial charge in [0.25, 0.3) is 10.0 Å². The Bertz CT molecular complexity index is 1370. The highest BCUT2D eigenvalue weighted by molar-refractivity contribution is 7.92. The highest BCUT2D eigenvalue weighted by Crippen LogP contribution is 2.60. The fraction of sp³-hybridized carbons (Fsp3) is 0.269. The number of aryl methyl sites for hydroxylation is 1. The molecule has 0 fully saturated rings. The van der Waals surface area contributed by atoms with Crippen molar-refractivity contribution in [2.45, 2.75) is 42.7 Å². The van der Waals surface area contributed by atoms with Crippen LogP contribution < -0.4 is 9.62 Å². The number of fused-ring (bicyclic) bond motifs is 4. The molecule has 0 aromatic heterocycles. The number of sulfonamides is 1. The lowest BCUT2D eigenvalue weighted by Gasteiger charge is -2.54. The third kappa shape index (κ3) is 2.66. The van der Waals surface area contributed by atoms with E-state index >= 15 is 0 Å². The van der Waals surface area contributed by atoms with E-state index in [0.29, 0.717) is 11.3 Å². The van der Waals surface area contributed by atoms with Crippen molar-refractivity contribution in [3.8, 4) is 0 Å². The number of nitrogens with zero attached hydrogens (tertiary/aromatic N) is 1. The highest BCUT2D eigenvalue weighted by Gasteiger charge is 2.67. The number of methoxy groups -OCH3 is 1. The van der Waals surface area contributed by atoms with Crippen LogP contribution in [0.1, 0.15) is 30.5 Å². The van der Waals surface area contributed by atoms with Crippen LogP contribution in [0.3, 0.4) is 0 Å². The molecule has 3 aromatic rings. The van der Waals surface area contributed by atoms with E-state index in [1.165, 1.54) is 11.4 Å². The van der Waals surface area contributed by atoms with Crippen LogP contribution in [-0.4, -0.2) is 27.7 Å². The minimum Gasteiger partial charge on any atom is -0.468 e. The van der Waals surface area contributed by atoms with Crippen molar-refractivity contribution in [3.63, 3.8) is 0 Å². The standard InChI is InChI=1S/C26H26N2O4S/c1-17-13-15-18(16-14-17)33(30,31)28-22-12-8-6-10-20(22)26(3,24(29)32-4)25(2)19-9-5-7-11-21(19)27-23(25)28/h5-16,23,27H,1-4H3/t23-,25-,26+/m0/s1. The van der Waals surface area contributed by atoms with Crippen LogP contribution in [-0.2, 0) is 30.4 Å². The molecule has 0 saturated carbocycles. The van der Waals surface area contributed by atoms with Gasteiger partial charge in [-0.05, 0) is 49.2 Å². The van der Waals surface area contributed by atoms with Gasteiger partial charge in [-0.1, -0.05) is 61.0 Å². The molecule has 0 bridgehead atoms. The van der Waals surface area contributed by atoms with Gasteiger partial charge in [0.2, 0.25) is 0 Å². The van der Waals surface area contributed by atoms with Crippen LogP contribution in [0.4, 0.5) is 11.4 Å². The summed E-state index contributed by atoms with van der Waals surface area (Å²) in [6.07, 6.45) is -0.736. The summed E-state index contributed by atoms with van der Waals surface area (Å²) in [4.78, 5) is 13.7. The van der Waals surface area contributed by atoms with Gasteiger partial charge < -0.3 is 10.1 Å². The molecule has 0 aliphatic carbocycles. The number of nitrogens with one attached hydrogen (secondary N) is 1. The molecular weight excluding hydrogens is 436 g/mol. The Morgan fingerprint density at radius 3 is 2.21 bits per heavy atom. The Morgan fingerprint density at radius 2 is 1.55 bits per heavy atom. The predicted molar refractivity (Wildman–Crippen MR) is 128 cm³/mol. The molecule has 6 nitrogen and oxygen atoms in total. The number of esters is 1. The van der Waals surface area contributed by atoms with E-state index in [9.17, 15) is 13.2 Å². The van der Waals surface area contributed by atoms with Gasteiger partial charge in [0.15, 0.2) is 0 Å². The van der Waals surface area contributed by atoms with Crippen LogP contribution in [0.15, 0.2) is 77.7 Å². The van der Waals surface area contributed by atoms with Crippen molar-refractivity contribution in [2.24, 2.45) is 0 Å². The highest BCUT2D eigenvalue weighted by atomic mass is 32.2. The Morgan fingerprint density at radius 1 is 0.939 bits per heavy atom. The Hall–Kier alpha value is -3.32. The van der Waals surface area contributed by atoms with E-state index in [1.54, 1.807) is 36.4 Å². The van der Waals surface area contributed by atoms with Crippen molar-refractivity contribution in [3.05, 3.63) is 89.5 Å². The lowest BCUT2D eigenvalue weighted by molar-refractivity contribution is -0.150. The first-order chi connectivity index (χ1) is 15.7. The molecule has 170 valence electrons. The molecule has 0 amide bonds. The summed E-state index contributed by atoms with van der Waals surface area (Å²) in [6.45, 7) is 5.71. The summed E-state index contributed by atoms with van der Waals surface area (Å²) >= 11 is 0. The fourth-order valence-corrected chi connectivity index (χ4v) is 7.13. The van der Waals surface area contributed by atoms with Gasteiger partial charge in [-0.25, -0.2) is 12.7 Å².